The molecule has 0 bridgehead atoms. The maximum absolute atomic E-state index is 12.7. The number of hydrogen-bond donors (Lipinski definition) is 1. The van der Waals surface area contributed by atoms with Crippen molar-refractivity contribution in [1.82, 2.24) is 0 Å². The van der Waals surface area contributed by atoms with Crippen molar-refractivity contribution < 1.29 is 21.9 Å². The van der Waals surface area contributed by atoms with Crippen LogP contribution < -0.4 is 0 Å². The van der Waals surface area contributed by atoms with Crippen molar-refractivity contribution in [2.75, 3.05) is 0 Å². The van der Waals surface area contributed by atoms with E-state index in [0.29, 0.717) is 0 Å². The third kappa shape index (κ3) is 3.00. The molecule has 0 saturated heterocycles. The van der Waals surface area contributed by atoms with E-state index >= 15 is 0 Å². The highest BCUT2D eigenvalue weighted by Gasteiger charge is 2.38. The van der Waals surface area contributed by atoms with Gasteiger partial charge < -0.3 is 4.55 Å². The topological polar surface area (TPSA) is 37.3 Å². The summed E-state index contributed by atoms with van der Waals surface area (Å²) in [5, 5.41) is 0. The molecule has 0 radical (unpaired) electrons. The zero-order valence-electron chi connectivity index (χ0n) is 6.62. The SMILES string of the molecule is O=S(O)C(F)(F)Sc1ccc(F)cc1. The van der Waals surface area contributed by atoms with Crippen LogP contribution in [0.1, 0.15) is 0 Å². The third-order valence-corrected chi connectivity index (χ3v) is 3.08. The Balaban J connectivity index is 2.79. The van der Waals surface area contributed by atoms with Crippen LogP contribution in [0.2, 0.25) is 0 Å². The predicted molar refractivity (Wildman–Crippen MR) is 48.0 cm³/mol. The summed E-state index contributed by atoms with van der Waals surface area (Å²) >= 11 is -3.33. The van der Waals surface area contributed by atoms with Gasteiger partial charge in [0.2, 0.25) is 11.1 Å². The molecule has 0 aliphatic carbocycles. The normalized spacial score (nSPS) is 14.0. The fraction of sp³-hybridized carbons (Fsp3) is 0.143. The van der Waals surface area contributed by atoms with Crippen molar-refractivity contribution in [1.29, 1.82) is 0 Å². The van der Waals surface area contributed by atoms with E-state index in [-0.39, 0.29) is 16.7 Å². The first-order chi connectivity index (χ1) is 6.42. The van der Waals surface area contributed by atoms with Gasteiger partial charge >= 0.3 is 4.59 Å². The zero-order chi connectivity index (χ0) is 10.8. The summed E-state index contributed by atoms with van der Waals surface area (Å²) in [6, 6.07) is 4.22. The summed E-state index contributed by atoms with van der Waals surface area (Å²) in [6.07, 6.45) is 0. The molecule has 0 fully saturated rings. The van der Waals surface area contributed by atoms with Gasteiger partial charge in [0.25, 0.3) is 0 Å². The maximum atomic E-state index is 12.7. The Hall–Kier alpha value is -0.530. The van der Waals surface area contributed by atoms with Gasteiger partial charge in [-0.2, -0.15) is 8.78 Å². The fourth-order valence-corrected chi connectivity index (χ4v) is 1.80. The molecule has 0 saturated carbocycles. The van der Waals surface area contributed by atoms with E-state index in [9.17, 15) is 17.4 Å². The summed E-state index contributed by atoms with van der Waals surface area (Å²) < 4.78 is 52.3. The van der Waals surface area contributed by atoms with Crippen molar-refractivity contribution in [3.8, 4) is 0 Å². The van der Waals surface area contributed by atoms with Crippen LogP contribution in [0, 0.1) is 5.82 Å². The van der Waals surface area contributed by atoms with Gasteiger partial charge in [-0.3, -0.25) is 0 Å². The van der Waals surface area contributed by atoms with Crippen molar-refractivity contribution in [3.63, 3.8) is 0 Å². The molecule has 1 N–H and O–H groups in total. The molecule has 1 rings (SSSR count). The Morgan fingerprint density at radius 2 is 1.79 bits per heavy atom. The second kappa shape index (κ2) is 4.33. The zero-order valence-corrected chi connectivity index (χ0v) is 8.25. The largest absolute Gasteiger partial charge is 0.397 e. The van der Waals surface area contributed by atoms with Gasteiger partial charge in [0, 0.05) is 4.90 Å². The van der Waals surface area contributed by atoms with E-state index in [1.807, 2.05) is 0 Å². The Bertz CT molecular complexity index is 339. The lowest BCUT2D eigenvalue weighted by molar-refractivity contribution is 0.193. The summed E-state index contributed by atoms with van der Waals surface area (Å²) in [6.45, 7) is 0. The van der Waals surface area contributed by atoms with Gasteiger partial charge in [0.1, 0.15) is 5.82 Å². The van der Waals surface area contributed by atoms with Crippen LogP contribution in [0.4, 0.5) is 13.2 Å². The highest BCUT2D eigenvalue weighted by molar-refractivity contribution is 8.10. The number of halogens is 3. The highest BCUT2D eigenvalue weighted by Crippen LogP contribution is 2.37. The van der Waals surface area contributed by atoms with E-state index < -0.39 is 21.5 Å². The van der Waals surface area contributed by atoms with Gasteiger partial charge in [-0.1, -0.05) is 0 Å². The quantitative estimate of drug-likeness (QED) is 0.654. The molecule has 0 heterocycles. The van der Waals surface area contributed by atoms with E-state index in [4.69, 9.17) is 4.55 Å². The molecule has 0 aliphatic rings. The molecular formula is C7H5F3O2S2. The molecule has 14 heavy (non-hydrogen) atoms. The highest BCUT2D eigenvalue weighted by atomic mass is 32.2. The van der Waals surface area contributed by atoms with E-state index in [2.05, 4.69) is 0 Å². The molecule has 0 aliphatic heterocycles. The minimum atomic E-state index is -3.78. The molecule has 78 valence electrons. The molecule has 2 nitrogen and oxygen atoms in total. The number of hydrogen-bond acceptors (Lipinski definition) is 2. The van der Waals surface area contributed by atoms with Crippen LogP contribution in [0.5, 0.6) is 0 Å². The minimum absolute atomic E-state index is 0.0267. The lowest BCUT2D eigenvalue weighted by atomic mass is 10.4. The summed E-state index contributed by atoms with van der Waals surface area (Å²) in [5.41, 5.74) is 0. The number of alkyl halides is 2. The molecule has 0 amide bonds. The van der Waals surface area contributed by atoms with Gasteiger partial charge in [0.05, 0.1) is 0 Å². The van der Waals surface area contributed by atoms with Crippen molar-refractivity contribution in [2.24, 2.45) is 0 Å². The molecule has 7 heteroatoms. The Labute approximate surface area is 84.8 Å². The third-order valence-electron chi connectivity index (χ3n) is 1.25. The molecule has 1 atom stereocenters. The summed E-state index contributed by atoms with van der Waals surface area (Å²) in [4.78, 5) is 0.0267. The van der Waals surface area contributed by atoms with Crippen LogP contribution in [0.25, 0.3) is 0 Å². The predicted octanol–water partition coefficient (Wildman–Crippen LogP) is 2.69. The fourth-order valence-electron chi connectivity index (χ4n) is 0.675. The number of rotatable bonds is 3. The van der Waals surface area contributed by atoms with Crippen LogP contribution in [0.15, 0.2) is 29.2 Å². The van der Waals surface area contributed by atoms with Crippen LogP contribution in [0.3, 0.4) is 0 Å². The second-order valence-corrected chi connectivity index (χ2v) is 4.73. The van der Waals surface area contributed by atoms with E-state index in [1.165, 1.54) is 0 Å². The Morgan fingerprint density at radius 3 is 2.21 bits per heavy atom. The molecular weight excluding hydrogens is 237 g/mol. The van der Waals surface area contributed by atoms with E-state index in [0.717, 1.165) is 24.3 Å². The average molecular weight is 242 g/mol. The number of benzene rings is 1. The lowest BCUT2D eigenvalue weighted by Gasteiger charge is -2.10. The molecule has 1 unspecified atom stereocenters. The summed E-state index contributed by atoms with van der Waals surface area (Å²) in [5.74, 6) is -0.553. The maximum Gasteiger partial charge on any atom is 0.397 e. The monoisotopic (exact) mass is 242 g/mol. The molecule has 0 spiro atoms. The first kappa shape index (κ1) is 11.5. The molecule has 0 aromatic heterocycles. The second-order valence-electron chi connectivity index (χ2n) is 2.27. The lowest BCUT2D eigenvalue weighted by Crippen LogP contribution is -2.17. The smallest absolute Gasteiger partial charge is 0.301 e. The van der Waals surface area contributed by atoms with Crippen molar-refractivity contribution in [3.05, 3.63) is 30.1 Å². The van der Waals surface area contributed by atoms with Crippen LogP contribution in [-0.4, -0.2) is 13.3 Å². The van der Waals surface area contributed by atoms with Crippen LogP contribution >= 0.6 is 11.8 Å². The van der Waals surface area contributed by atoms with E-state index in [1.54, 1.807) is 0 Å². The first-order valence-electron chi connectivity index (χ1n) is 3.35. The Morgan fingerprint density at radius 1 is 1.29 bits per heavy atom. The van der Waals surface area contributed by atoms with Gasteiger partial charge in [-0.15, -0.1) is 0 Å². The molecule has 1 aromatic rings. The van der Waals surface area contributed by atoms with Gasteiger partial charge in [-0.25, -0.2) is 8.60 Å². The Kier molecular flexibility index (Phi) is 3.57. The standard InChI is InChI=1S/C7H5F3O2S2/c8-5-1-3-6(4-2-5)13-7(9,10)14(11)12/h1-4H,(H,11,12). The first-order valence-corrected chi connectivity index (χ1v) is 5.27. The van der Waals surface area contributed by atoms with Gasteiger partial charge in [0.15, 0.2) is 0 Å². The minimum Gasteiger partial charge on any atom is -0.301 e. The molecule has 1 aromatic carbocycles. The summed E-state index contributed by atoms with van der Waals surface area (Å²) in [7, 11) is 0. The van der Waals surface area contributed by atoms with Crippen molar-refractivity contribution in [2.45, 2.75) is 9.48 Å². The van der Waals surface area contributed by atoms with Crippen molar-refractivity contribution >= 4 is 22.8 Å². The van der Waals surface area contributed by atoms with Crippen LogP contribution in [-0.2, 0) is 11.1 Å². The number of thioether (sulfide) groups is 1. The van der Waals surface area contributed by atoms with Gasteiger partial charge in [-0.05, 0) is 36.0 Å². The average Bonchev–Trinajstić information content (AvgIpc) is 2.08.